The van der Waals surface area contributed by atoms with E-state index in [-0.39, 0.29) is 5.21 Å². The molecule has 0 unspecified atom stereocenters. The molecule has 1 rings (SSSR count). The topological polar surface area (TPSA) is 49.4 Å². The van der Waals surface area contributed by atoms with Crippen molar-refractivity contribution >= 4 is 33.4 Å². The Hall–Kier alpha value is 0.510. The maximum Gasteiger partial charge on any atom is 0.225 e. The van der Waals surface area contributed by atoms with Gasteiger partial charge in [-0.2, -0.15) is 11.8 Å². The van der Waals surface area contributed by atoms with Crippen LogP contribution in [0.1, 0.15) is 0 Å². The molecular formula is C7H15ClN2O2S2. The first-order chi connectivity index (χ1) is 6.64. The summed E-state index contributed by atoms with van der Waals surface area (Å²) in [5, 5.41) is -0.358. The van der Waals surface area contributed by atoms with Crippen LogP contribution < -0.4 is 4.72 Å². The third-order valence-electron chi connectivity index (χ3n) is 2.00. The van der Waals surface area contributed by atoms with Crippen LogP contribution in [0.15, 0.2) is 0 Å². The number of nitrogens with one attached hydrogen (secondary N) is 1. The Morgan fingerprint density at radius 1 is 1.36 bits per heavy atom. The molecule has 0 aromatic carbocycles. The van der Waals surface area contributed by atoms with Gasteiger partial charge in [-0.1, -0.05) is 0 Å². The summed E-state index contributed by atoms with van der Waals surface area (Å²) in [6.07, 6.45) is 0. The lowest BCUT2D eigenvalue weighted by Crippen LogP contribution is -2.39. The van der Waals surface area contributed by atoms with Gasteiger partial charge in [-0.15, -0.1) is 11.6 Å². The third kappa shape index (κ3) is 4.84. The van der Waals surface area contributed by atoms with Gasteiger partial charge in [-0.3, -0.25) is 0 Å². The molecule has 1 fully saturated rings. The van der Waals surface area contributed by atoms with E-state index in [1.807, 2.05) is 11.8 Å². The van der Waals surface area contributed by atoms with Crippen molar-refractivity contribution in [3.8, 4) is 0 Å². The molecule has 1 saturated heterocycles. The van der Waals surface area contributed by atoms with Crippen molar-refractivity contribution in [3.63, 3.8) is 0 Å². The summed E-state index contributed by atoms with van der Waals surface area (Å²) in [5.74, 6) is 2.28. The third-order valence-corrected chi connectivity index (χ3v) is 4.73. The van der Waals surface area contributed by atoms with Crippen molar-refractivity contribution in [2.75, 3.05) is 42.9 Å². The molecule has 1 heterocycles. The SMILES string of the molecule is O=S(=O)(CCl)NCCN1CCSCC1. The van der Waals surface area contributed by atoms with Gasteiger partial charge in [0.05, 0.1) is 0 Å². The van der Waals surface area contributed by atoms with Crippen LogP contribution in [-0.4, -0.2) is 56.2 Å². The van der Waals surface area contributed by atoms with Gasteiger partial charge in [0.25, 0.3) is 0 Å². The Morgan fingerprint density at radius 2 is 2.00 bits per heavy atom. The van der Waals surface area contributed by atoms with E-state index >= 15 is 0 Å². The van der Waals surface area contributed by atoms with Crippen molar-refractivity contribution in [3.05, 3.63) is 0 Å². The van der Waals surface area contributed by atoms with E-state index in [9.17, 15) is 8.42 Å². The van der Waals surface area contributed by atoms with Crippen molar-refractivity contribution in [1.82, 2.24) is 9.62 Å². The van der Waals surface area contributed by atoms with Gasteiger partial charge in [0.1, 0.15) is 5.21 Å². The minimum absolute atomic E-state index is 0.358. The average Bonchev–Trinajstić information content (AvgIpc) is 2.19. The molecule has 0 aliphatic carbocycles. The van der Waals surface area contributed by atoms with Crippen LogP contribution in [0.5, 0.6) is 0 Å². The maximum absolute atomic E-state index is 11.0. The lowest BCUT2D eigenvalue weighted by atomic mass is 10.5. The molecule has 0 spiro atoms. The van der Waals surface area contributed by atoms with Crippen LogP contribution >= 0.6 is 23.4 Å². The minimum Gasteiger partial charge on any atom is -0.300 e. The smallest absolute Gasteiger partial charge is 0.225 e. The summed E-state index contributed by atoms with van der Waals surface area (Å²) in [6, 6.07) is 0. The normalized spacial score (nSPS) is 19.8. The van der Waals surface area contributed by atoms with Crippen LogP contribution in [0.3, 0.4) is 0 Å². The van der Waals surface area contributed by atoms with E-state index in [2.05, 4.69) is 9.62 Å². The predicted molar refractivity (Wildman–Crippen MR) is 61.4 cm³/mol. The molecular weight excluding hydrogens is 244 g/mol. The first-order valence-electron chi connectivity index (χ1n) is 4.47. The van der Waals surface area contributed by atoms with E-state index in [0.717, 1.165) is 31.1 Å². The molecule has 0 radical (unpaired) electrons. The van der Waals surface area contributed by atoms with E-state index < -0.39 is 10.0 Å². The lowest BCUT2D eigenvalue weighted by Gasteiger charge is -2.25. The number of thioether (sulfide) groups is 1. The highest BCUT2D eigenvalue weighted by atomic mass is 35.5. The molecule has 84 valence electrons. The Kier molecular flexibility index (Phi) is 5.54. The maximum atomic E-state index is 11.0. The van der Waals surface area contributed by atoms with Crippen molar-refractivity contribution in [2.24, 2.45) is 0 Å². The Balaban J connectivity index is 2.14. The summed E-state index contributed by atoms with van der Waals surface area (Å²) in [6.45, 7) is 3.33. The molecule has 7 heteroatoms. The summed E-state index contributed by atoms with van der Waals surface area (Å²) >= 11 is 7.19. The summed E-state index contributed by atoms with van der Waals surface area (Å²) < 4.78 is 24.4. The van der Waals surface area contributed by atoms with Gasteiger partial charge in [-0.05, 0) is 0 Å². The molecule has 1 aliphatic heterocycles. The molecule has 1 N–H and O–H groups in total. The molecule has 0 aromatic heterocycles. The Morgan fingerprint density at radius 3 is 2.57 bits per heavy atom. The van der Waals surface area contributed by atoms with Crippen molar-refractivity contribution in [1.29, 1.82) is 0 Å². The molecule has 14 heavy (non-hydrogen) atoms. The van der Waals surface area contributed by atoms with Crippen LogP contribution in [0.25, 0.3) is 0 Å². The number of halogens is 1. The Labute approximate surface area is 94.4 Å². The summed E-state index contributed by atoms with van der Waals surface area (Å²) in [4.78, 5) is 2.26. The van der Waals surface area contributed by atoms with E-state index in [0.29, 0.717) is 6.54 Å². The number of hydrogen-bond acceptors (Lipinski definition) is 4. The zero-order valence-corrected chi connectivity index (χ0v) is 10.3. The minimum atomic E-state index is -3.24. The molecule has 0 bridgehead atoms. The number of alkyl halides is 1. The highest BCUT2D eigenvalue weighted by Gasteiger charge is 2.11. The first-order valence-corrected chi connectivity index (χ1v) is 7.81. The number of rotatable bonds is 5. The largest absolute Gasteiger partial charge is 0.300 e. The quantitative estimate of drug-likeness (QED) is 0.714. The van der Waals surface area contributed by atoms with Crippen LogP contribution in [0, 0.1) is 0 Å². The molecule has 0 atom stereocenters. The highest BCUT2D eigenvalue weighted by Crippen LogP contribution is 2.07. The summed E-state index contributed by atoms with van der Waals surface area (Å²) in [7, 11) is -3.24. The zero-order chi connectivity index (χ0) is 10.4. The molecule has 4 nitrogen and oxygen atoms in total. The fourth-order valence-corrected chi connectivity index (χ4v) is 2.91. The number of hydrogen-bond donors (Lipinski definition) is 1. The van der Waals surface area contributed by atoms with E-state index in [1.54, 1.807) is 0 Å². The molecule has 0 amide bonds. The Bertz CT molecular complexity index is 252. The number of nitrogens with zero attached hydrogens (tertiary/aromatic N) is 1. The lowest BCUT2D eigenvalue weighted by molar-refractivity contribution is 0.307. The predicted octanol–water partition coefficient (Wildman–Crippen LogP) is 0.151. The first kappa shape index (κ1) is 12.6. The van der Waals surface area contributed by atoms with E-state index in [4.69, 9.17) is 11.6 Å². The number of sulfonamides is 1. The van der Waals surface area contributed by atoms with Gasteiger partial charge in [-0.25, -0.2) is 13.1 Å². The second-order valence-electron chi connectivity index (χ2n) is 3.07. The second-order valence-corrected chi connectivity index (χ2v) is 6.69. The fraction of sp³-hybridized carbons (Fsp3) is 1.00. The molecule has 0 saturated carbocycles. The van der Waals surface area contributed by atoms with Gasteiger partial charge in [0.2, 0.25) is 10.0 Å². The van der Waals surface area contributed by atoms with Crippen molar-refractivity contribution < 1.29 is 8.42 Å². The summed E-state index contributed by atoms with van der Waals surface area (Å²) in [5.41, 5.74) is 0. The highest BCUT2D eigenvalue weighted by molar-refractivity contribution is 7.99. The van der Waals surface area contributed by atoms with Crippen molar-refractivity contribution in [2.45, 2.75) is 0 Å². The average molecular weight is 259 g/mol. The fourth-order valence-electron chi connectivity index (χ4n) is 1.22. The molecule has 1 aliphatic rings. The van der Waals surface area contributed by atoms with Gasteiger partial charge < -0.3 is 4.90 Å². The van der Waals surface area contributed by atoms with Gasteiger partial charge >= 0.3 is 0 Å². The standard InChI is InChI=1S/C7H15ClN2O2S2/c8-7-14(11,12)9-1-2-10-3-5-13-6-4-10/h9H,1-7H2. The van der Waals surface area contributed by atoms with Crippen LogP contribution in [-0.2, 0) is 10.0 Å². The molecule has 0 aromatic rings. The second kappa shape index (κ2) is 6.17. The van der Waals surface area contributed by atoms with E-state index in [1.165, 1.54) is 0 Å². The zero-order valence-electron chi connectivity index (χ0n) is 7.91. The monoisotopic (exact) mass is 258 g/mol. The van der Waals surface area contributed by atoms with Crippen LogP contribution in [0.2, 0.25) is 0 Å². The van der Waals surface area contributed by atoms with Gasteiger partial charge in [0.15, 0.2) is 0 Å². The van der Waals surface area contributed by atoms with Gasteiger partial charge in [0, 0.05) is 37.7 Å². The van der Waals surface area contributed by atoms with Crippen LogP contribution in [0.4, 0.5) is 0 Å².